The van der Waals surface area contributed by atoms with E-state index in [2.05, 4.69) is 17.2 Å². The predicted molar refractivity (Wildman–Crippen MR) is 105 cm³/mol. The SMILES string of the molecule is C[C@@H]1CN(C(=N)CCc2ccccc2)N=C1c1cccc(Cl)c1O.Cl. The van der Waals surface area contributed by atoms with Gasteiger partial charge >= 0.3 is 0 Å². The van der Waals surface area contributed by atoms with E-state index < -0.39 is 0 Å². The molecule has 2 aromatic rings. The summed E-state index contributed by atoms with van der Waals surface area (Å²) in [7, 11) is 0. The predicted octanol–water partition coefficient (Wildman–Crippen LogP) is 4.73. The second-order valence-corrected chi connectivity index (χ2v) is 6.44. The number of nitrogens with zero attached hydrogens (tertiary/aromatic N) is 2. The van der Waals surface area contributed by atoms with E-state index in [1.165, 1.54) is 5.56 Å². The normalized spacial score (nSPS) is 16.3. The number of halogens is 2. The fraction of sp³-hybridized carbons (Fsp3) is 0.263. The van der Waals surface area contributed by atoms with Crippen molar-refractivity contribution in [3.63, 3.8) is 0 Å². The molecule has 0 amide bonds. The summed E-state index contributed by atoms with van der Waals surface area (Å²) in [6, 6.07) is 15.4. The Morgan fingerprint density at radius 3 is 2.68 bits per heavy atom. The van der Waals surface area contributed by atoms with Gasteiger partial charge in [0, 0.05) is 17.9 Å². The lowest BCUT2D eigenvalue weighted by molar-refractivity contribution is 0.443. The van der Waals surface area contributed by atoms with Crippen molar-refractivity contribution in [2.45, 2.75) is 19.8 Å². The van der Waals surface area contributed by atoms with Gasteiger partial charge < -0.3 is 5.11 Å². The van der Waals surface area contributed by atoms with Crippen LogP contribution in [0, 0.1) is 11.3 Å². The molecule has 1 aliphatic heterocycles. The minimum absolute atomic E-state index is 0. The molecule has 0 aromatic heterocycles. The van der Waals surface area contributed by atoms with Crippen LogP contribution in [-0.2, 0) is 6.42 Å². The summed E-state index contributed by atoms with van der Waals surface area (Å²) in [4.78, 5) is 0. The number of aromatic hydroxyl groups is 1. The van der Waals surface area contributed by atoms with Crippen molar-refractivity contribution < 1.29 is 5.11 Å². The summed E-state index contributed by atoms with van der Waals surface area (Å²) >= 11 is 6.00. The lowest BCUT2D eigenvalue weighted by Gasteiger charge is -2.15. The zero-order valence-electron chi connectivity index (χ0n) is 13.9. The molecular formula is C19H21Cl2N3O. The van der Waals surface area contributed by atoms with E-state index in [1.807, 2.05) is 31.2 Å². The van der Waals surface area contributed by atoms with Gasteiger partial charge in [-0.25, -0.2) is 0 Å². The minimum Gasteiger partial charge on any atom is -0.506 e. The van der Waals surface area contributed by atoms with Crippen LogP contribution in [-0.4, -0.2) is 28.2 Å². The molecule has 0 aliphatic carbocycles. The van der Waals surface area contributed by atoms with Gasteiger partial charge in [0.25, 0.3) is 0 Å². The molecule has 25 heavy (non-hydrogen) atoms. The second kappa shape index (κ2) is 8.37. The number of hydrogen-bond acceptors (Lipinski definition) is 3. The van der Waals surface area contributed by atoms with E-state index in [0.29, 0.717) is 29.4 Å². The zero-order chi connectivity index (χ0) is 17.1. The number of hydrazone groups is 1. The molecule has 1 aliphatic rings. The molecule has 0 saturated carbocycles. The minimum atomic E-state index is 0. The smallest absolute Gasteiger partial charge is 0.143 e. The standard InChI is InChI=1S/C19H20ClN3O.ClH/c1-13-12-23(17(21)11-10-14-6-3-2-4-7-14)22-18(13)15-8-5-9-16(20)19(15)24;/h2-9,13,21,24H,10-12H2,1H3;1H/t13-;/m1./s1. The quantitative estimate of drug-likeness (QED) is 0.597. The molecule has 2 N–H and O–H groups in total. The molecule has 0 bridgehead atoms. The van der Waals surface area contributed by atoms with Gasteiger partial charge in [0.05, 0.1) is 17.3 Å². The topological polar surface area (TPSA) is 59.7 Å². The fourth-order valence-electron chi connectivity index (χ4n) is 2.86. The van der Waals surface area contributed by atoms with E-state index >= 15 is 0 Å². The molecule has 0 fully saturated rings. The van der Waals surface area contributed by atoms with Crippen LogP contribution in [0.1, 0.15) is 24.5 Å². The molecule has 6 heteroatoms. The Bertz CT molecular complexity index is 777. The van der Waals surface area contributed by atoms with Crippen molar-refractivity contribution in [1.29, 1.82) is 5.41 Å². The Balaban J connectivity index is 0.00000225. The first kappa shape index (κ1) is 19.3. The van der Waals surface area contributed by atoms with Crippen molar-refractivity contribution in [3.8, 4) is 5.75 Å². The molecule has 1 heterocycles. The van der Waals surface area contributed by atoms with Crippen LogP contribution in [0.15, 0.2) is 53.6 Å². The van der Waals surface area contributed by atoms with E-state index in [1.54, 1.807) is 17.1 Å². The Kier molecular flexibility index (Phi) is 6.45. The summed E-state index contributed by atoms with van der Waals surface area (Å²) in [5, 5.41) is 25.1. The monoisotopic (exact) mass is 377 g/mol. The first-order valence-electron chi connectivity index (χ1n) is 8.01. The molecule has 132 valence electrons. The van der Waals surface area contributed by atoms with E-state index in [-0.39, 0.29) is 24.1 Å². The van der Waals surface area contributed by atoms with Crippen molar-refractivity contribution in [2.24, 2.45) is 11.0 Å². The number of rotatable bonds is 4. The van der Waals surface area contributed by atoms with Gasteiger partial charge in [0.15, 0.2) is 0 Å². The molecule has 0 spiro atoms. The second-order valence-electron chi connectivity index (χ2n) is 6.04. The summed E-state index contributed by atoms with van der Waals surface area (Å²) in [5.74, 6) is 0.677. The molecule has 4 nitrogen and oxygen atoms in total. The number of phenolic OH excluding ortho intramolecular Hbond substituents is 1. The molecule has 1 atom stereocenters. The largest absolute Gasteiger partial charge is 0.506 e. The maximum absolute atomic E-state index is 10.2. The maximum atomic E-state index is 10.2. The van der Waals surface area contributed by atoms with Gasteiger partial charge in [-0.1, -0.05) is 54.9 Å². The van der Waals surface area contributed by atoms with Crippen LogP contribution in [0.5, 0.6) is 5.75 Å². The molecule has 0 radical (unpaired) electrons. The number of aryl methyl sites for hydroxylation is 1. The lowest BCUT2D eigenvalue weighted by atomic mass is 9.98. The van der Waals surface area contributed by atoms with Crippen molar-refractivity contribution >= 4 is 35.6 Å². The zero-order valence-corrected chi connectivity index (χ0v) is 15.5. The molecular weight excluding hydrogens is 357 g/mol. The van der Waals surface area contributed by atoms with Gasteiger partial charge in [0.1, 0.15) is 11.6 Å². The molecule has 0 unspecified atom stereocenters. The third kappa shape index (κ3) is 4.33. The lowest BCUT2D eigenvalue weighted by Crippen LogP contribution is -2.25. The van der Waals surface area contributed by atoms with Gasteiger partial charge in [-0.2, -0.15) is 5.10 Å². The first-order valence-corrected chi connectivity index (χ1v) is 8.39. The van der Waals surface area contributed by atoms with E-state index in [0.717, 1.165) is 12.1 Å². The highest BCUT2D eigenvalue weighted by molar-refractivity contribution is 6.32. The maximum Gasteiger partial charge on any atom is 0.143 e. The highest BCUT2D eigenvalue weighted by Gasteiger charge is 2.28. The van der Waals surface area contributed by atoms with Crippen molar-refractivity contribution in [1.82, 2.24) is 5.01 Å². The van der Waals surface area contributed by atoms with Crippen LogP contribution in [0.4, 0.5) is 0 Å². The highest BCUT2D eigenvalue weighted by atomic mass is 35.5. The van der Waals surface area contributed by atoms with Crippen LogP contribution in [0.2, 0.25) is 5.02 Å². The van der Waals surface area contributed by atoms with Crippen LogP contribution in [0.3, 0.4) is 0 Å². The summed E-state index contributed by atoms with van der Waals surface area (Å²) in [6.07, 6.45) is 1.45. The number of amidine groups is 1. The Morgan fingerprint density at radius 2 is 1.96 bits per heavy atom. The molecule has 0 saturated heterocycles. The average molecular weight is 378 g/mol. The van der Waals surface area contributed by atoms with Crippen LogP contribution >= 0.6 is 24.0 Å². The summed E-state index contributed by atoms with van der Waals surface area (Å²) in [5.41, 5.74) is 2.64. The number of phenols is 1. The van der Waals surface area contributed by atoms with Gasteiger partial charge in [-0.3, -0.25) is 10.4 Å². The number of benzene rings is 2. The van der Waals surface area contributed by atoms with Crippen molar-refractivity contribution in [3.05, 3.63) is 64.7 Å². The molecule has 3 rings (SSSR count). The Labute approximate surface area is 159 Å². The summed E-state index contributed by atoms with van der Waals surface area (Å²) < 4.78 is 0. The van der Waals surface area contributed by atoms with Crippen LogP contribution in [0.25, 0.3) is 0 Å². The number of para-hydroxylation sites is 1. The Morgan fingerprint density at radius 1 is 1.24 bits per heavy atom. The van der Waals surface area contributed by atoms with Gasteiger partial charge in [-0.15, -0.1) is 12.4 Å². The Hall–Kier alpha value is -2.04. The number of nitrogens with one attached hydrogen (secondary N) is 1. The van der Waals surface area contributed by atoms with Gasteiger partial charge in [-0.05, 0) is 24.1 Å². The first-order chi connectivity index (χ1) is 11.6. The van der Waals surface area contributed by atoms with Crippen molar-refractivity contribution in [2.75, 3.05) is 6.54 Å². The third-order valence-corrected chi connectivity index (χ3v) is 4.51. The van der Waals surface area contributed by atoms with Gasteiger partial charge in [0.2, 0.25) is 0 Å². The summed E-state index contributed by atoms with van der Waals surface area (Å²) in [6.45, 7) is 2.69. The van der Waals surface area contributed by atoms with Crippen LogP contribution < -0.4 is 0 Å². The average Bonchev–Trinajstić information content (AvgIpc) is 2.98. The highest BCUT2D eigenvalue weighted by Crippen LogP contribution is 2.31. The van der Waals surface area contributed by atoms with E-state index in [9.17, 15) is 5.11 Å². The molecule has 2 aromatic carbocycles. The number of hydrogen-bond donors (Lipinski definition) is 2. The fourth-order valence-corrected chi connectivity index (χ4v) is 3.04. The van der Waals surface area contributed by atoms with E-state index in [4.69, 9.17) is 17.0 Å². The third-order valence-electron chi connectivity index (χ3n) is 4.21.